The Kier molecular flexibility index (Phi) is 2.96. The van der Waals surface area contributed by atoms with Gasteiger partial charge in [0.1, 0.15) is 29.9 Å². The van der Waals surface area contributed by atoms with Crippen LogP contribution in [0.25, 0.3) is 0 Å². The van der Waals surface area contributed by atoms with Gasteiger partial charge in [0.05, 0.1) is 13.0 Å². The zero-order valence-corrected chi connectivity index (χ0v) is 9.65. The molecule has 18 heavy (non-hydrogen) atoms. The number of nitrogens with zero attached hydrogens (tertiary/aromatic N) is 2. The SMILES string of the molecule is OC1CC(n2cnc3c2NCNC[C@H]3O)OC1O. The van der Waals surface area contributed by atoms with Gasteiger partial charge >= 0.3 is 0 Å². The van der Waals surface area contributed by atoms with Gasteiger partial charge in [0.15, 0.2) is 6.29 Å². The van der Waals surface area contributed by atoms with Crippen molar-refractivity contribution in [2.45, 2.75) is 31.1 Å². The standard InChI is InChI=1S/C10H16N4O4/c15-5-1-7(18-10(5)17)14-4-13-8-6(16)2-11-3-12-9(8)14/h4-7,10-12,15-17H,1-3H2/t5?,6-,7?,10?/m1/s1. The Morgan fingerprint density at radius 3 is 2.94 bits per heavy atom. The van der Waals surface area contributed by atoms with Gasteiger partial charge in [-0.25, -0.2) is 4.98 Å². The van der Waals surface area contributed by atoms with E-state index in [1.165, 1.54) is 0 Å². The molecule has 8 heteroatoms. The summed E-state index contributed by atoms with van der Waals surface area (Å²) in [6.07, 6.45) is -1.42. The highest BCUT2D eigenvalue weighted by Crippen LogP contribution is 2.33. The monoisotopic (exact) mass is 256 g/mol. The number of aromatic nitrogens is 2. The Bertz CT molecular complexity index is 428. The Morgan fingerprint density at radius 2 is 2.22 bits per heavy atom. The smallest absolute Gasteiger partial charge is 0.183 e. The second-order valence-corrected chi connectivity index (χ2v) is 4.49. The summed E-state index contributed by atoms with van der Waals surface area (Å²) in [5.41, 5.74) is 0.541. The summed E-state index contributed by atoms with van der Waals surface area (Å²) in [7, 11) is 0. The van der Waals surface area contributed by atoms with Crippen molar-refractivity contribution < 1.29 is 20.1 Å². The minimum Gasteiger partial charge on any atom is -0.388 e. The lowest BCUT2D eigenvalue weighted by molar-refractivity contribution is -0.141. The van der Waals surface area contributed by atoms with Crippen LogP contribution in [0.4, 0.5) is 5.82 Å². The lowest BCUT2D eigenvalue weighted by atomic mass is 10.2. The van der Waals surface area contributed by atoms with E-state index in [9.17, 15) is 15.3 Å². The van der Waals surface area contributed by atoms with Crippen LogP contribution in [-0.4, -0.2) is 50.5 Å². The lowest BCUT2D eigenvalue weighted by Gasteiger charge is -2.16. The van der Waals surface area contributed by atoms with Crippen molar-refractivity contribution in [2.24, 2.45) is 0 Å². The van der Waals surface area contributed by atoms with E-state index in [1.807, 2.05) is 0 Å². The van der Waals surface area contributed by atoms with Gasteiger partial charge in [-0.05, 0) is 0 Å². The van der Waals surface area contributed by atoms with Crippen LogP contribution in [0.3, 0.4) is 0 Å². The summed E-state index contributed by atoms with van der Waals surface area (Å²) < 4.78 is 6.93. The molecule has 0 spiro atoms. The molecule has 0 saturated carbocycles. The lowest BCUT2D eigenvalue weighted by Crippen LogP contribution is -2.24. The Morgan fingerprint density at radius 1 is 1.39 bits per heavy atom. The van der Waals surface area contributed by atoms with Gasteiger partial charge in [-0.2, -0.15) is 0 Å². The molecule has 1 fully saturated rings. The molecule has 0 amide bonds. The summed E-state index contributed by atoms with van der Waals surface area (Å²) >= 11 is 0. The predicted octanol–water partition coefficient (Wildman–Crippen LogP) is -1.51. The molecule has 2 aliphatic rings. The average Bonchev–Trinajstić information content (AvgIpc) is 2.84. The summed E-state index contributed by atoms with van der Waals surface area (Å²) in [5, 5.41) is 34.9. The van der Waals surface area contributed by atoms with Crippen molar-refractivity contribution >= 4 is 5.82 Å². The maximum Gasteiger partial charge on any atom is 0.183 e. The van der Waals surface area contributed by atoms with Crippen molar-refractivity contribution in [2.75, 3.05) is 18.5 Å². The van der Waals surface area contributed by atoms with Gasteiger partial charge < -0.3 is 25.4 Å². The summed E-state index contributed by atoms with van der Waals surface area (Å²) in [6, 6.07) is 0. The van der Waals surface area contributed by atoms with Gasteiger partial charge in [0.25, 0.3) is 0 Å². The molecule has 3 heterocycles. The molecule has 3 unspecified atom stereocenters. The fourth-order valence-corrected chi connectivity index (χ4v) is 2.28. The third kappa shape index (κ3) is 1.88. The number of nitrogens with one attached hydrogen (secondary N) is 2. The van der Waals surface area contributed by atoms with E-state index in [4.69, 9.17) is 4.74 Å². The predicted molar refractivity (Wildman–Crippen MR) is 60.4 cm³/mol. The number of β-amino-alcohol motifs (C(OH)–C–C–N with tert-alkyl or cyclic N) is 1. The molecular formula is C10H16N4O4. The molecular weight excluding hydrogens is 240 g/mol. The van der Waals surface area contributed by atoms with Gasteiger partial charge in [0, 0.05) is 13.0 Å². The van der Waals surface area contributed by atoms with E-state index in [-0.39, 0.29) is 6.42 Å². The van der Waals surface area contributed by atoms with Crippen LogP contribution >= 0.6 is 0 Å². The first kappa shape index (κ1) is 11.9. The number of imidazole rings is 1. The van der Waals surface area contributed by atoms with E-state index in [2.05, 4.69) is 15.6 Å². The molecule has 8 nitrogen and oxygen atoms in total. The zero-order chi connectivity index (χ0) is 12.7. The third-order valence-corrected chi connectivity index (χ3v) is 3.24. The second-order valence-electron chi connectivity index (χ2n) is 4.49. The second kappa shape index (κ2) is 4.48. The number of fused-ring (bicyclic) bond motifs is 1. The van der Waals surface area contributed by atoms with E-state index < -0.39 is 24.7 Å². The van der Waals surface area contributed by atoms with E-state index in [1.54, 1.807) is 10.9 Å². The Hall–Kier alpha value is -1.19. The maximum absolute atomic E-state index is 9.88. The number of rotatable bonds is 1. The van der Waals surface area contributed by atoms with Crippen LogP contribution in [0.15, 0.2) is 6.33 Å². The molecule has 0 bridgehead atoms. The Labute approximate surface area is 103 Å². The van der Waals surface area contributed by atoms with Crippen LogP contribution in [0.2, 0.25) is 0 Å². The van der Waals surface area contributed by atoms with Crippen LogP contribution in [-0.2, 0) is 4.74 Å². The number of ether oxygens (including phenoxy) is 1. The highest BCUT2D eigenvalue weighted by molar-refractivity contribution is 5.44. The first-order chi connectivity index (χ1) is 8.66. The number of aliphatic hydroxyl groups is 3. The topological polar surface area (TPSA) is 112 Å². The molecule has 100 valence electrons. The number of hydrogen-bond donors (Lipinski definition) is 5. The molecule has 3 rings (SSSR count). The summed E-state index contributed by atoms with van der Waals surface area (Å²) in [4.78, 5) is 4.16. The van der Waals surface area contributed by atoms with Gasteiger partial charge in [-0.3, -0.25) is 9.88 Å². The fourth-order valence-electron chi connectivity index (χ4n) is 2.28. The van der Waals surface area contributed by atoms with Crippen LogP contribution < -0.4 is 10.6 Å². The maximum atomic E-state index is 9.88. The Balaban J connectivity index is 1.90. The highest BCUT2D eigenvalue weighted by Gasteiger charge is 2.35. The molecule has 1 aromatic rings. The number of aliphatic hydroxyl groups excluding tert-OH is 3. The molecule has 4 atom stereocenters. The van der Waals surface area contributed by atoms with Gasteiger partial charge in [-0.15, -0.1) is 0 Å². The average molecular weight is 256 g/mol. The summed E-state index contributed by atoms with van der Waals surface area (Å²) in [6.45, 7) is 0.932. The van der Waals surface area contributed by atoms with Crippen LogP contribution in [0.1, 0.15) is 24.4 Å². The minimum atomic E-state index is -1.18. The molecule has 1 saturated heterocycles. The normalized spacial score (nSPS) is 35.9. The molecule has 5 N–H and O–H groups in total. The minimum absolute atomic E-state index is 0.287. The van der Waals surface area contributed by atoms with Crippen molar-refractivity contribution in [3.63, 3.8) is 0 Å². The van der Waals surface area contributed by atoms with Crippen LogP contribution in [0, 0.1) is 0 Å². The van der Waals surface area contributed by atoms with Crippen molar-refractivity contribution in [1.82, 2.24) is 14.9 Å². The van der Waals surface area contributed by atoms with E-state index >= 15 is 0 Å². The largest absolute Gasteiger partial charge is 0.388 e. The molecule has 0 radical (unpaired) electrons. The highest BCUT2D eigenvalue weighted by atomic mass is 16.6. The first-order valence-corrected chi connectivity index (χ1v) is 5.88. The van der Waals surface area contributed by atoms with Crippen LogP contribution in [0.5, 0.6) is 0 Å². The van der Waals surface area contributed by atoms with E-state index in [0.717, 1.165) is 0 Å². The molecule has 0 aromatic carbocycles. The van der Waals surface area contributed by atoms with Gasteiger partial charge in [0.2, 0.25) is 0 Å². The third-order valence-electron chi connectivity index (χ3n) is 3.24. The van der Waals surface area contributed by atoms with E-state index in [0.29, 0.717) is 24.7 Å². The first-order valence-electron chi connectivity index (χ1n) is 5.88. The van der Waals surface area contributed by atoms with Crippen molar-refractivity contribution in [3.8, 4) is 0 Å². The van der Waals surface area contributed by atoms with Crippen molar-refractivity contribution in [1.29, 1.82) is 0 Å². The van der Waals surface area contributed by atoms with Crippen molar-refractivity contribution in [3.05, 3.63) is 12.0 Å². The number of anilines is 1. The fraction of sp³-hybridized carbons (Fsp3) is 0.700. The molecule has 0 aliphatic carbocycles. The number of hydrogen-bond acceptors (Lipinski definition) is 7. The molecule has 1 aromatic heterocycles. The van der Waals surface area contributed by atoms with Gasteiger partial charge in [-0.1, -0.05) is 0 Å². The molecule has 2 aliphatic heterocycles. The quantitative estimate of drug-likeness (QED) is 0.415. The summed E-state index contributed by atoms with van der Waals surface area (Å²) in [5.74, 6) is 0.652. The zero-order valence-electron chi connectivity index (χ0n) is 9.65.